The van der Waals surface area contributed by atoms with E-state index in [4.69, 9.17) is 0 Å². The molecule has 0 bridgehead atoms. The molecular formula is C15H19N3O. The molecule has 0 amide bonds. The van der Waals surface area contributed by atoms with Crippen LogP contribution in [-0.4, -0.2) is 19.9 Å². The van der Waals surface area contributed by atoms with E-state index in [0.717, 1.165) is 29.9 Å². The average molecular weight is 257 g/mol. The normalized spacial score (nSPS) is 21.2. The zero-order chi connectivity index (χ0) is 13.6. The molecule has 0 spiro atoms. The molecule has 0 aliphatic heterocycles. The lowest BCUT2D eigenvalue weighted by molar-refractivity contribution is 0.0986. The molecule has 4 nitrogen and oxygen atoms in total. The third-order valence-electron chi connectivity index (χ3n) is 3.86. The minimum absolute atomic E-state index is 0.108. The van der Waals surface area contributed by atoms with E-state index in [-0.39, 0.29) is 11.5 Å². The Labute approximate surface area is 113 Å². The summed E-state index contributed by atoms with van der Waals surface area (Å²) in [6.45, 7) is 6.44. The van der Waals surface area contributed by atoms with Gasteiger partial charge in [0.15, 0.2) is 5.82 Å². The van der Waals surface area contributed by atoms with Gasteiger partial charge in [-0.1, -0.05) is 13.8 Å². The van der Waals surface area contributed by atoms with Gasteiger partial charge in [-0.15, -0.1) is 5.10 Å². The van der Waals surface area contributed by atoms with Crippen molar-refractivity contribution in [2.75, 3.05) is 0 Å². The molecule has 100 valence electrons. The standard InChI is InChI=1S/C15H19N3O/c1-10-7-11-12(8-15(2,3)9-13(11)19)18(10)14-5-4-6-16-17-14/h4-7,13,19H,8-9H2,1-3H3. The molecule has 1 atom stereocenters. The summed E-state index contributed by atoms with van der Waals surface area (Å²) >= 11 is 0. The van der Waals surface area contributed by atoms with Crippen LogP contribution in [0.2, 0.25) is 0 Å². The summed E-state index contributed by atoms with van der Waals surface area (Å²) in [5.74, 6) is 0.825. The van der Waals surface area contributed by atoms with Gasteiger partial charge in [-0.05, 0) is 43.4 Å². The molecule has 1 unspecified atom stereocenters. The molecule has 1 aliphatic rings. The molecule has 4 heteroatoms. The average Bonchev–Trinajstić information content (AvgIpc) is 2.65. The van der Waals surface area contributed by atoms with Gasteiger partial charge in [0.05, 0.1) is 6.10 Å². The number of hydrogen-bond acceptors (Lipinski definition) is 3. The number of rotatable bonds is 1. The fraction of sp³-hybridized carbons (Fsp3) is 0.467. The molecule has 2 aromatic rings. The first kappa shape index (κ1) is 12.4. The Bertz CT molecular complexity index is 601. The third-order valence-corrected chi connectivity index (χ3v) is 3.86. The van der Waals surface area contributed by atoms with Crippen molar-refractivity contribution in [3.63, 3.8) is 0 Å². The van der Waals surface area contributed by atoms with Crippen molar-refractivity contribution in [2.45, 2.75) is 39.7 Å². The second kappa shape index (κ2) is 4.17. The van der Waals surface area contributed by atoms with E-state index in [1.807, 2.05) is 19.1 Å². The summed E-state index contributed by atoms with van der Waals surface area (Å²) in [5, 5.41) is 18.5. The smallest absolute Gasteiger partial charge is 0.159 e. The highest BCUT2D eigenvalue weighted by Crippen LogP contribution is 2.42. The maximum absolute atomic E-state index is 10.3. The topological polar surface area (TPSA) is 50.9 Å². The van der Waals surface area contributed by atoms with Crippen molar-refractivity contribution < 1.29 is 5.11 Å². The van der Waals surface area contributed by atoms with E-state index in [1.165, 1.54) is 5.69 Å². The summed E-state index contributed by atoms with van der Waals surface area (Å²) in [6.07, 6.45) is 3.05. The highest BCUT2D eigenvalue weighted by atomic mass is 16.3. The minimum atomic E-state index is -0.379. The van der Waals surface area contributed by atoms with Crippen LogP contribution in [-0.2, 0) is 6.42 Å². The summed E-state index contributed by atoms with van der Waals surface area (Å²) in [7, 11) is 0. The molecule has 1 N–H and O–H groups in total. The van der Waals surface area contributed by atoms with Crippen molar-refractivity contribution >= 4 is 0 Å². The highest BCUT2D eigenvalue weighted by molar-refractivity contribution is 5.40. The predicted octanol–water partition coefficient (Wildman–Crippen LogP) is 2.58. The van der Waals surface area contributed by atoms with Crippen LogP contribution in [0.1, 0.15) is 43.3 Å². The fourth-order valence-corrected chi connectivity index (χ4v) is 3.07. The summed E-state index contributed by atoms with van der Waals surface area (Å²) in [6, 6.07) is 5.91. The van der Waals surface area contributed by atoms with Crippen molar-refractivity contribution in [3.05, 3.63) is 41.3 Å². The van der Waals surface area contributed by atoms with E-state index in [9.17, 15) is 5.11 Å². The Morgan fingerprint density at radius 2 is 2.21 bits per heavy atom. The van der Waals surface area contributed by atoms with Gasteiger partial charge in [0.25, 0.3) is 0 Å². The summed E-state index contributed by atoms with van der Waals surface area (Å²) < 4.78 is 2.12. The first-order chi connectivity index (χ1) is 8.98. The maximum Gasteiger partial charge on any atom is 0.159 e. The van der Waals surface area contributed by atoms with Crippen LogP contribution >= 0.6 is 0 Å². The van der Waals surface area contributed by atoms with Crippen molar-refractivity contribution in [2.24, 2.45) is 5.41 Å². The lowest BCUT2D eigenvalue weighted by Gasteiger charge is -2.33. The first-order valence-electron chi connectivity index (χ1n) is 6.65. The number of nitrogens with zero attached hydrogens (tertiary/aromatic N) is 3. The van der Waals surface area contributed by atoms with Crippen LogP contribution in [0.3, 0.4) is 0 Å². The number of hydrogen-bond donors (Lipinski definition) is 1. The third kappa shape index (κ3) is 2.06. The minimum Gasteiger partial charge on any atom is -0.388 e. The lowest BCUT2D eigenvalue weighted by atomic mass is 9.75. The number of aryl methyl sites for hydroxylation is 1. The number of fused-ring (bicyclic) bond motifs is 1. The molecule has 1 aliphatic carbocycles. The van der Waals surface area contributed by atoms with Crippen molar-refractivity contribution in [3.8, 4) is 5.82 Å². The van der Waals surface area contributed by atoms with Gasteiger partial charge in [0, 0.05) is 23.1 Å². The molecule has 0 radical (unpaired) electrons. The Balaban J connectivity index is 2.18. The number of aliphatic hydroxyl groups is 1. The van der Waals surface area contributed by atoms with Gasteiger partial charge in [-0.2, -0.15) is 5.10 Å². The van der Waals surface area contributed by atoms with E-state index in [2.05, 4.69) is 34.7 Å². The SMILES string of the molecule is Cc1cc2c(n1-c1cccnn1)CC(C)(C)CC2O. The number of aromatic nitrogens is 3. The Morgan fingerprint density at radius 1 is 1.42 bits per heavy atom. The van der Waals surface area contributed by atoms with Gasteiger partial charge in [-0.25, -0.2) is 0 Å². The Hall–Kier alpha value is -1.68. The molecule has 0 saturated heterocycles. The van der Waals surface area contributed by atoms with Crippen LogP contribution in [0.4, 0.5) is 0 Å². The molecule has 2 heterocycles. The van der Waals surface area contributed by atoms with Gasteiger partial charge in [-0.3, -0.25) is 0 Å². The van der Waals surface area contributed by atoms with Crippen molar-refractivity contribution in [1.29, 1.82) is 0 Å². The molecule has 0 aromatic carbocycles. The Morgan fingerprint density at radius 3 is 2.89 bits per heavy atom. The molecular weight excluding hydrogens is 238 g/mol. The fourth-order valence-electron chi connectivity index (χ4n) is 3.07. The predicted molar refractivity (Wildman–Crippen MR) is 73.2 cm³/mol. The summed E-state index contributed by atoms with van der Waals surface area (Å²) in [4.78, 5) is 0. The number of aliphatic hydroxyl groups excluding tert-OH is 1. The molecule has 2 aromatic heterocycles. The summed E-state index contributed by atoms with van der Waals surface area (Å²) in [5.41, 5.74) is 3.42. The van der Waals surface area contributed by atoms with Gasteiger partial charge >= 0.3 is 0 Å². The molecule has 0 saturated carbocycles. The highest BCUT2D eigenvalue weighted by Gasteiger charge is 2.34. The van der Waals surface area contributed by atoms with E-state index in [1.54, 1.807) is 6.20 Å². The van der Waals surface area contributed by atoms with Gasteiger partial charge < -0.3 is 9.67 Å². The largest absolute Gasteiger partial charge is 0.388 e. The molecule has 19 heavy (non-hydrogen) atoms. The zero-order valence-electron chi connectivity index (χ0n) is 11.6. The second-order valence-corrected chi connectivity index (χ2v) is 6.17. The van der Waals surface area contributed by atoms with Gasteiger partial charge in [0.1, 0.15) is 0 Å². The zero-order valence-corrected chi connectivity index (χ0v) is 11.6. The van der Waals surface area contributed by atoms with E-state index < -0.39 is 0 Å². The maximum atomic E-state index is 10.3. The monoisotopic (exact) mass is 257 g/mol. The van der Waals surface area contributed by atoms with Crippen LogP contribution in [0, 0.1) is 12.3 Å². The first-order valence-corrected chi connectivity index (χ1v) is 6.65. The van der Waals surface area contributed by atoms with Crippen molar-refractivity contribution in [1.82, 2.24) is 14.8 Å². The van der Waals surface area contributed by atoms with Crippen LogP contribution < -0.4 is 0 Å². The lowest BCUT2D eigenvalue weighted by Crippen LogP contribution is -2.26. The quantitative estimate of drug-likeness (QED) is 0.854. The Kier molecular flexibility index (Phi) is 2.71. The van der Waals surface area contributed by atoms with E-state index in [0.29, 0.717) is 0 Å². The van der Waals surface area contributed by atoms with Crippen LogP contribution in [0.5, 0.6) is 0 Å². The molecule has 3 rings (SSSR count). The second-order valence-electron chi connectivity index (χ2n) is 6.17. The van der Waals surface area contributed by atoms with Crippen LogP contribution in [0.15, 0.2) is 24.4 Å². The van der Waals surface area contributed by atoms with Gasteiger partial charge in [0.2, 0.25) is 0 Å². The van der Waals surface area contributed by atoms with Crippen LogP contribution in [0.25, 0.3) is 5.82 Å². The molecule has 0 fully saturated rings. The van der Waals surface area contributed by atoms with E-state index >= 15 is 0 Å².